The van der Waals surface area contributed by atoms with Crippen LogP contribution in [-0.2, 0) is 0 Å². The van der Waals surface area contributed by atoms with Crippen molar-refractivity contribution in [2.75, 3.05) is 13.6 Å². The molecule has 0 aromatic carbocycles. The Labute approximate surface area is 95.2 Å². The summed E-state index contributed by atoms with van der Waals surface area (Å²) in [6.45, 7) is 5.85. The fourth-order valence-electron chi connectivity index (χ4n) is 2.72. The smallest absolute Gasteiger partial charge is 0.00638 e. The van der Waals surface area contributed by atoms with E-state index in [1.807, 2.05) is 0 Å². The molecule has 0 saturated heterocycles. The predicted molar refractivity (Wildman–Crippen MR) is 66.9 cm³/mol. The van der Waals surface area contributed by atoms with Crippen LogP contribution in [0.3, 0.4) is 0 Å². The van der Waals surface area contributed by atoms with Crippen molar-refractivity contribution in [3.05, 3.63) is 0 Å². The summed E-state index contributed by atoms with van der Waals surface area (Å²) < 4.78 is 0. The van der Waals surface area contributed by atoms with E-state index in [0.717, 1.165) is 12.0 Å². The van der Waals surface area contributed by atoms with Gasteiger partial charge in [0.25, 0.3) is 0 Å². The molecule has 1 aliphatic rings. The second kappa shape index (κ2) is 6.49. The topological polar surface area (TPSA) is 29.3 Å². The normalized spacial score (nSPS) is 29.4. The first kappa shape index (κ1) is 13.0. The Morgan fingerprint density at radius 3 is 2.73 bits per heavy atom. The highest BCUT2D eigenvalue weighted by Crippen LogP contribution is 2.24. The summed E-state index contributed by atoms with van der Waals surface area (Å²) in [5, 5.41) is 0. The zero-order valence-corrected chi connectivity index (χ0v) is 10.7. The van der Waals surface area contributed by atoms with E-state index in [2.05, 4.69) is 25.8 Å². The quantitative estimate of drug-likeness (QED) is 0.759. The van der Waals surface area contributed by atoms with Crippen LogP contribution in [0.5, 0.6) is 0 Å². The number of hydrogen-bond acceptors (Lipinski definition) is 2. The van der Waals surface area contributed by atoms with Crippen LogP contribution in [0.2, 0.25) is 0 Å². The van der Waals surface area contributed by atoms with Crippen molar-refractivity contribution in [2.24, 2.45) is 11.7 Å². The monoisotopic (exact) mass is 212 g/mol. The van der Waals surface area contributed by atoms with E-state index < -0.39 is 0 Å². The van der Waals surface area contributed by atoms with Crippen LogP contribution in [-0.4, -0.2) is 30.6 Å². The summed E-state index contributed by atoms with van der Waals surface area (Å²) in [6, 6.07) is 1.20. The number of nitrogens with zero attached hydrogens (tertiary/aromatic N) is 1. The Morgan fingerprint density at radius 2 is 2.13 bits per heavy atom. The summed E-state index contributed by atoms with van der Waals surface area (Å²) >= 11 is 0. The molecule has 2 heteroatoms. The van der Waals surface area contributed by atoms with Gasteiger partial charge in [-0.2, -0.15) is 0 Å². The van der Waals surface area contributed by atoms with Gasteiger partial charge in [-0.25, -0.2) is 0 Å². The molecular formula is C13H28N2. The molecule has 2 N–H and O–H groups in total. The molecular weight excluding hydrogens is 184 g/mol. The summed E-state index contributed by atoms with van der Waals surface area (Å²) in [7, 11) is 2.26. The molecule has 0 heterocycles. The fraction of sp³-hybridized carbons (Fsp3) is 1.00. The Hall–Kier alpha value is -0.0800. The third-order valence-electron chi connectivity index (χ3n) is 3.83. The first-order valence-corrected chi connectivity index (χ1v) is 6.59. The van der Waals surface area contributed by atoms with E-state index in [1.165, 1.54) is 45.1 Å². The Kier molecular flexibility index (Phi) is 5.62. The van der Waals surface area contributed by atoms with Gasteiger partial charge in [-0.15, -0.1) is 0 Å². The van der Waals surface area contributed by atoms with Crippen molar-refractivity contribution >= 4 is 0 Å². The molecule has 1 rings (SSSR count). The van der Waals surface area contributed by atoms with Crippen molar-refractivity contribution in [1.29, 1.82) is 0 Å². The van der Waals surface area contributed by atoms with Crippen molar-refractivity contribution in [2.45, 2.75) is 64.5 Å². The molecule has 0 radical (unpaired) electrons. The molecule has 3 unspecified atom stereocenters. The van der Waals surface area contributed by atoms with Gasteiger partial charge >= 0.3 is 0 Å². The maximum absolute atomic E-state index is 6.02. The molecule has 0 aromatic heterocycles. The summed E-state index contributed by atoms with van der Waals surface area (Å²) in [6.07, 6.45) is 7.80. The minimum Gasteiger partial charge on any atom is -0.328 e. The highest BCUT2D eigenvalue weighted by atomic mass is 15.1. The molecule has 2 nitrogen and oxygen atoms in total. The second-order valence-electron chi connectivity index (χ2n) is 5.37. The van der Waals surface area contributed by atoms with Gasteiger partial charge in [0.1, 0.15) is 0 Å². The third-order valence-corrected chi connectivity index (χ3v) is 3.83. The summed E-state index contributed by atoms with van der Waals surface area (Å²) in [5.74, 6) is 0.845. The molecule has 0 amide bonds. The first-order valence-electron chi connectivity index (χ1n) is 6.59. The van der Waals surface area contributed by atoms with E-state index in [9.17, 15) is 0 Å². The highest BCUT2D eigenvalue weighted by Gasteiger charge is 2.21. The van der Waals surface area contributed by atoms with Crippen LogP contribution in [0.25, 0.3) is 0 Å². The lowest BCUT2D eigenvalue weighted by atomic mass is 9.85. The van der Waals surface area contributed by atoms with E-state index in [0.29, 0.717) is 6.04 Å². The zero-order chi connectivity index (χ0) is 11.3. The standard InChI is InChI=1S/C13H28N2/c1-4-6-11(2)15(3)10-12-7-5-8-13(14)9-12/h11-13H,4-10,14H2,1-3H3. The number of rotatable bonds is 5. The lowest BCUT2D eigenvalue weighted by Gasteiger charge is -2.33. The molecule has 1 saturated carbocycles. The average molecular weight is 212 g/mol. The van der Waals surface area contributed by atoms with Crippen molar-refractivity contribution in [1.82, 2.24) is 4.90 Å². The van der Waals surface area contributed by atoms with E-state index in [-0.39, 0.29) is 0 Å². The van der Waals surface area contributed by atoms with Gasteiger partial charge in [0.05, 0.1) is 0 Å². The predicted octanol–water partition coefficient (Wildman–Crippen LogP) is 2.62. The molecule has 0 spiro atoms. The molecule has 0 bridgehead atoms. The zero-order valence-electron chi connectivity index (χ0n) is 10.7. The molecule has 1 fully saturated rings. The Balaban J connectivity index is 2.26. The molecule has 3 atom stereocenters. The van der Waals surface area contributed by atoms with E-state index in [4.69, 9.17) is 5.73 Å². The largest absolute Gasteiger partial charge is 0.328 e. The van der Waals surface area contributed by atoms with Gasteiger partial charge in [0.2, 0.25) is 0 Å². The minimum atomic E-state index is 0.471. The third kappa shape index (κ3) is 4.52. The summed E-state index contributed by atoms with van der Waals surface area (Å²) in [4.78, 5) is 2.52. The van der Waals surface area contributed by atoms with Crippen LogP contribution < -0.4 is 5.73 Å². The highest BCUT2D eigenvalue weighted by molar-refractivity contribution is 4.78. The van der Waals surface area contributed by atoms with Crippen molar-refractivity contribution in [3.8, 4) is 0 Å². The van der Waals surface area contributed by atoms with Crippen LogP contribution in [0.4, 0.5) is 0 Å². The minimum absolute atomic E-state index is 0.471. The van der Waals surface area contributed by atoms with Crippen molar-refractivity contribution in [3.63, 3.8) is 0 Å². The van der Waals surface area contributed by atoms with Gasteiger partial charge in [0, 0.05) is 18.6 Å². The molecule has 0 aliphatic heterocycles. The average Bonchev–Trinajstić information content (AvgIpc) is 2.18. The van der Waals surface area contributed by atoms with Crippen LogP contribution in [0, 0.1) is 5.92 Å². The van der Waals surface area contributed by atoms with Gasteiger partial charge in [-0.1, -0.05) is 19.8 Å². The van der Waals surface area contributed by atoms with Crippen LogP contribution >= 0.6 is 0 Å². The van der Waals surface area contributed by atoms with Gasteiger partial charge in [-0.3, -0.25) is 0 Å². The molecule has 0 aromatic rings. The first-order chi connectivity index (χ1) is 7.13. The van der Waals surface area contributed by atoms with E-state index in [1.54, 1.807) is 0 Å². The fourth-order valence-corrected chi connectivity index (χ4v) is 2.72. The number of hydrogen-bond donors (Lipinski definition) is 1. The van der Waals surface area contributed by atoms with Gasteiger partial charge < -0.3 is 10.6 Å². The van der Waals surface area contributed by atoms with E-state index >= 15 is 0 Å². The lowest BCUT2D eigenvalue weighted by Crippen LogP contribution is -2.37. The van der Waals surface area contributed by atoms with Crippen molar-refractivity contribution < 1.29 is 0 Å². The maximum Gasteiger partial charge on any atom is 0.00638 e. The van der Waals surface area contributed by atoms with Crippen LogP contribution in [0.1, 0.15) is 52.4 Å². The number of nitrogens with two attached hydrogens (primary N) is 1. The molecule has 1 aliphatic carbocycles. The maximum atomic E-state index is 6.02. The van der Waals surface area contributed by atoms with Gasteiger partial charge in [0.15, 0.2) is 0 Å². The Bertz CT molecular complexity index is 170. The van der Waals surface area contributed by atoms with Crippen LogP contribution in [0.15, 0.2) is 0 Å². The summed E-state index contributed by atoms with van der Waals surface area (Å²) in [5.41, 5.74) is 6.02. The molecule has 15 heavy (non-hydrogen) atoms. The lowest BCUT2D eigenvalue weighted by molar-refractivity contribution is 0.177. The second-order valence-corrected chi connectivity index (χ2v) is 5.37. The van der Waals surface area contributed by atoms with Gasteiger partial charge in [-0.05, 0) is 45.6 Å². The molecule has 90 valence electrons. The SMILES string of the molecule is CCCC(C)N(C)CC1CCCC(N)C1. The Morgan fingerprint density at radius 1 is 1.40 bits per heavy atom.